The lowest BCUT2D eigenvalue weighted by Gasteiger charge is -2.20. The first-order valence-corrected chi connectivity index (χ1v) is 6.02. The van der Waals surface area contributed by atoms with Gasteiger partial charge >= 0.3 is 5.51 Å². The Morgan fingerprint density at radius 3 is 2.62 bits per heavy atom. The zero-order valence-corrected chi connectivity index (χ0v) is 10.0. The van der Waals surface area contributed by atoms with Crippen LogP contribution in [0.4, 0.5) is 13.2 Å². The molecule has 7 heteroatoms. The fourth-order valence-corrected chi connectivity index (χ4v) is 2.04. The van der Waals surface area contributed by atoms with E-state index in [1.54, 1.807) is 6.92 Å². The molecule has 0 aromatic rings. The smallest absolute Gasteiger partial charge is 0.327 e. The molecule has 0 radical (unpaired) electrons. The molecule has 16 heavy (non-hydrogen) atoms. The molecule has 1 heterocycles. The molecule has 0 spiro atoms. The average Bonchev–Trinajstić information content (AvgIpc) is 2.45. The van der Waals surface area contributed by atoms with Crippen molar-refractivity contribution in [3.63, 3.8) is 0 Å². The summed E-state index contributed by atoms with van der Waals surface area (Å²) in [5.41, 5.74) is -4.83. The zero-order valence-electron chi connectivity index (χ0n) is 9.23. The van der Waals surface area contributed by atoms with E-state index >= 15 is 0 Å². The lowest BCUT2D eigenvalue weighted by Crippen LogP contribution is -2.43. The van der Waals surface area contributed by atoms with Crippen molar-refractivity contribution in [3.8, 4) is 0 Å². The summed E-state index contributed by atoms with van der Waals surface area (Å²) in [6, 6.07) is 0. The summed E-state index contributed by atoms with van der Waals surface area (Å²) in [7, 11) is 0. The second kappa shape index (κ2) is 4.83. The maximum absolute atomic E-state index is 11.9. The van der Waals surface area contributed by atoms with Crippen LogP contribution in [-0.2, 0) is 4.79 Å². The summed E-state index contributed by atoms with van der Waals surface area (Å²) in [5.74, 6) is -0.228. The highest BCUT2D eigenvalue weighted by molar-refractivity contribution is 8.00. The van der Waals surface area contributed by atoms with Crippen LogP contribution >= 0.6 is 11.8 Å². The molecule has 0 saturated carbocycles. The fraction of sp³-hybridized carbons (Fsp3) is 0.889. The van der Waals surface area contributed by atoms with E-state index in [2.05, 4.69) is 5.32 Å². The molecule has 0 aromatic carbocycles. The molecule has 1 fully saturated rings. The summed E-state index contributed by atoms with van der Waals surface area (Å²) >= 11 is -0.0915. The third-order valence-corrected chi connectivity index (χ3v) is 3.47. The minimum Gasteiger partial charge on any atom is -0.327 e. The van der Waals surface area contributed by atoms with Crippen molar-refractivity contribution in [1.29, 1.82) is 0 Å². The second-order valence-corrected chi connectivity index (χ2v) is 5.04. The molecule has 0 bridgehead atoms. The number of hydrogen-bond donors (Lipinski definition) is 1. The van der Waals surface area contributed by atoms with E-state index in [4.69, 9.17) is 0 Å². The van der Waals surface area contributed by atoms with Gasteiger partial charge in [0.15, 0.2) is 0 Å². The highest BCUT2D eigenvalue weighted by atomic mass is 32.2. The van der Waals surface area contributed by atoms with E-state index in [1.165, 1.54) is 4.90 Å². The molecule has 94 valence electrons. The van der Waals surface area contributed by atoms with E-state index in [9.17, 15) is 18.0 Å². The van der Waals surface area contributed by atoms with Crippen LogP contribution in [-0.4, -0.2) is 40.8 Å². The second-order valence-electron chi connectivity index (χ2n) is 3.88. The van der Waals surface area contributed by atoms with Gasteiger partial charge in [-0.15, -0.1) is 0 Å². The van der Waals surface area contributed by atoms with Crippen molar-refractivity contribution in [2.45, 2.75) is 31.3 Å². The van der Waals surface area contributed by atoms with Crippen molar-refractivity contribution < 1.29 is 18.0 Å². The number of nitrogens with one attached hydrogen (secondary N) is 1. The maximum atomic E-state index is 11.9. The Kier molecular flexibility index (Phi) is 4.12. The third kappa shape index (κ3) is 3.28. The van der Waals surface area contributed by atoms with E-state index in [1.807, 2.05) is 6.92 Å². The molecular formula is C9H15F3N2OS. The number of thioether (sulfide) groups is 1. The molecule has 1 N–H and O–H groups in total. The predicted molar refractivity (Wildman–Crippen MR) is 56.9 cm³/mol. The molecule has 3 nitrogen and oxygen atoms in total. The normalized spacial score (nSPS) is 26.6. The Morgan fingerprint density at radius 1 is 1.56 bits per heavy atom. The van der Waals surface area contributed by atoms with Gasteiger partial charge in [-0.3, -0.25) is 10.1 Å². The molecule has 1 aliphatic heterocycles. The molecule has 1 saturated heterocycles. The Morgan fingerprint density at radius 2 is 2.19 bits per heavy atom. The Labute approximate surface area is 96.7 Å². The number of nitrogens with zero attached hydrogens (tertiary/aromatic N) is 1. The highest BCUT2D eigenvalue weighted by Gasteiger charge is 2.40. The van der Waals surface area contributed by atoms with Crippen LogP contribution in [0, 0.1) is 0 Å². The molecule has 1 aliphatic rings. The van der Waals surface area contributed by atoms with Crippen LogP contribution in [0.1, 0.15) is 20.3 Å². The first-order chi connectivity index (χ1) is 7.28. The van der Waals surface area contributed by atoms with Crippen LogP contribution in [0.15, 0.2) is 0 Å². The van der Waals surface area contributed by atoms with E-state index in [0.717, 1.165) is 0 Å². The van der Waals surface area contributed by atoms with Gasteiger partial charge in [0.05, 0.1) is 12.2 Å². The fourth-order valence-electron chi connectivity index (χ4n) is 1.49. The Bertz CT molecular complexity index is 272. The van der Waals surface area contributed by atoms with Crippen LogP contribution < -0.4 is 5.32 Å². The first-order valence-electron chi connectivity index (χ1n) is 5.03. The Balaban J connectivity index is 2.38. The number of rotatable bonds is 4. The Hall–Kier alpha value is -0.430. The summed E-state index contributed by atoms with van der Waals surface area (Å²) in [6.45, 7) is 4.11. The summed E-state index contributed by atoms with van der Waals surface area (Å²) in [5, 5.41) is 3.02. The minimum atomic E-state index is -4.22. The number of carbonyl (C=O) groups excluding carboxylic acids is 1. The monoisotopic (exact) mass is 256 g/mol. The van der Waals surface area contributed by atoms with E-state index in [0.29, 0.717) is 13.1 Å². The maximum Gasteiger partial charge on any atom is 0.441 e. The van der Waals surface area contributed by atoms with Gasteiger partial charge in [0, 0.05) is 12.3 Å². The largest absolute Gasteiger partial charge is 0.441 e. The van der Waals surface area contributed by atoms with Gasteiger partial charge < -0.3 is 4.90 Å². The van der Waals surface area contributed by atoms with Crippen molar-refractivity contribution in [3.05, 3.63) is 0 Å². The third-order valence-electron chi connectivity index (χ3n) is 2.75. The number of alkyl halides is 3. The minimum absolute atomic E-state index is 0.0915. The number of amides is 1. The van der Waals surface area contributed by atoms with E-state index < -0.39 is 11.0 Å². The van der Waals surface area contributed by atoms with Gasteiger partial charge in [0.2, 0.25) is 5.91 Å². The summed E-state index contributed by atoms with van der Waals surface area (Å²) < 4.78 is 35.7. The van der Waals surface area contributed by atoms with Gasteiger partial charge in [-0.05, 0) is 25.1 Å². The van der Waals surface area contributed by atoms with Crippen LogP contribution in [0.25, 0.3) is 0 Å². The molecule has 1 amide bonds. The van der Waals surface area contributed by atoms with Crippen molar-refractivity contribution >= 4 is 17.7 Å². The van der Waals surface area contributed by atoms with Crippen molar-refractivity contribution in [2.24, 2.45) is 0 Å². The predicted octanol–water partition coefficient (Wildman–Crippen LogP) is 1.80. The van der Waals surface area contributed by atoms with E-state index in [-0.39, 0.29) is 30.0 Å². The number of carbonyl (C=O) groups is 1. The molecule has 1 rings (SSSR count). The number of hydrogen-bond acceptors (Lipinski definition) is 3. The van der Waals surface area contributed by atoms with Gasteiger partial charge in [-0.25, -0.2) is 0 Å². The van der Waals surface area contributed by atoms with Crippen LogP contribution in [0.3, 0.4) is 0 Å². The van der Waals surface area contributed by atoms with Gasteiger partial charge in [0.25, 0.3) is 0 Å². The zero-order chi connectivity index (χ0) is 12.4. The number of halogens is 3. The lowest BCUT2D eigenvalue weighted by atomic mass is 10.00. The molecule has 0 aliphatic carbocycles. The molecule has 1 unspecified atom stereocenters. The standard InChI is InChI=1S/C9H15F3N2OS/c1-3-8(2)7(15)14(6-13-8)4-5-16-9(10,11)12/h13H,3-6H2,1-2H3. The summed E-state index contributed by atoms with van der Waals surface area (Å²) in [6.07, 6.45) is 0.634. The van der Waals surface area contributed by atoms with Gasteiger partial charge in [-0.2, -0.15) is 13.2 Å². The van der Waals surface area contributed by atoms with Crippen LogP contribution in [0.2, 0.25) is 0 Å². The average molecular weight is 256 g/mol. The topological polar surface area (TPSA) is 32.3 Å². The van der Waals surface area contributed by atoms with Crippen molar-refractivity contribution in [1.82, 2.24) is 10.2 Å². The highest BCUT2D eigenvalue weighted by Crippen LogP contribution is 2.30. The van der Waals surface area contributed by atoms with Gasteiger partial charge in [-0.1, -0.05) is 6.92 Å². The quantitative estimate of drug-likeness (QED) is 0.832. The molecule has 1 atom stereocenters. The lowest BCUT2D eigenvalue weighted by molar-refractivity contribution is -0.131. The summed E-state index contributed by atoms with van der Waals surface area (Å²) in [4.78, 5) is 13.2. The first kappa shape index (κ1) is 13.6. The molecular weight excluding hydrogens is 241 g/mol. The van der Waals surface area contributed by atoms with Gasteiger partial charge in [0.1, 0.15) is 0 Å². The molecule has 0 aromatic heterocycles. The van der Waals surface area contributed by atoms with Crippen molar-refractivity contribution in [2.75, 3.05) is 19.0 Å². The SMILES string of the molecule is CCC1(C)NCN(CCSC(F)(F)F)C1=O. The van der Waals surface area contributed by atoms with Crippen LogP contribution in [0.5, 0.6) is 0 Å².